The zero-order chi connectivity index (χ0) is 7.82. The second-order valence-electron chi connectivity index (χ2n) is 2.18. The second kappa shape index (κ2) is 6.29. The average Bonchev–Trinajstić information content (AvgIpc) is 1.87. The van der Waals surface area contributed by atoms with Crippen LogP contribution in [-0.2, 0) is 0 Å². The highest BCUT2D eigenvalue weighted by Crippen LogP contribution is 1.74. The Bertz CT molecular complexity index is 116. The Morgan fingerprint density at radius 1 is 1.50 bits per heavy atom. The van der Waals surface area contributed by atoms with Gasteiger partial charge >= 0.3 is 0 Å². The normalized spacial score (nSPS) is 12.0. The molecule has 0 fully saturated rings. The van der Waals surface area contributed by atoms with E-state index in [0.717, 1.165) is 6.54 Å². The summed E-state index contributed by atoms with van der Waals surface area (Å²) in [4.78, 5) is 2.08. The summed E-state index contributed by atoms with van der Waals surface area (Å²) in [6.45, 7) is 2.80. The summed E-state index contributed by atoms with van der Waals surface area (Å²) in [6, 6.07) is 0. The first kappa shape index (κ1) is 9.17. The molecule has 0 amide bonds. The Labute approximate surface area is 62.4 Å². The number of hydrogen-bond acceptors (Lipinski definition) is 3. The van der Waals surface area contributed by atoms with Gasteiger partial charge in [-0.25, -0.2) is 0 Å². The lowest BCUT2D eigenvalue weighted by atomic mass is 10.6. The predicted octanol–water partition coefficient (Wildman–Crippen LogP) is 0.657. The lowest BCUT2D eigenvalue weighted by Crippen LogP contribution is -2.11. The van der Waals surface area contributed by atoms with Crippen molar-refractivity contribution in [2.24, 2.45) is 5.10 Å². The van der Waals surface area contributed by atoms with Crippen molar-refractivity contribution in [3.8, 4) is 0 Å². The smallest absolute Gasteiger partial charge is 0.0215 e. The first-order valence-electron chi connectivity index (χ1n) is 3.30. The summed E-state index contributed by atoms with van der Waals surface area (Å²) in [5, 5.41) is 3.79. The monoisotopic (exact) mass is 141 g/mol. The van der Waals surface area contributed by atoms with Crippen molar-refractivity contribution in [2.45, 2.75) is 6.92 Å². The molecule has 0 aliphatic carbocycles. The zero-order valence-electron chi connectivity index (χ0n) is 6.83. The maximum Gasteiger partial charge on any atom is 0.0215 e. The molecule has 0 saturated carbocycles. The van der Waals surface area contributed by atoms with Gasteiger partial charge in [-0.05, 0) is 21.0 Å². The molecular formula is C7H15N3. The van der Waals surface area contributed by atoms with Gasteiger partial charge in [-0.3, -0.25) is 5.43 Å². The van der Waals surface area contributed by atoms with E-state index < -0.39 is 0 Å². The number of rotatable bonds is 4. The maximum atomic E-state index is 3.79. The average molecular weight is 141 g/mol. The Balaban J connectivity index is 3.20. The third kappa shape index (κ3) is 7.17. The summed E-state index contributed by atoms with van der Waals surface area (Å²) in [5.41, 5.74) is 2.75. The molecule has 0 atom stereocenters. The minimum atomic E-state index is 0.937. The van der Waals surface area contributed by atoms with Crippen molar-refractivity contribution in [3.05, 3.63) is 12.3 Å². The Morgan fingerprint density at radius 3 is 2.70 bits per heavy atom. The molecule has 1 N–H and O–H groups in total. The Hall–Kier alpha value is -0.830. The largest absolute Gasteiger partial charge is 0.306 e. The number of likely N-dealkylation sites (N-methyl/N-ethyl adjacent to an activating group) is 1. The van der Waals surface area contributed by atoms with Crippen molar-refractivity contribution >= 4 is 6.21 Å². The molecule has 0 aliphatic rings. The van der Waals surface area contributed by atoms with E-state index in [9.17, 15) is 0 Å². The molecule has 0 aromatic rings. The van der Waals surface area contributed by atoms with E-state index in [2.05, 4.69) is 15.4 Å². The molecule has 10 heavy (non-hydrogen) atoms. The molecule has 0 radical (unpaired) electrons. The second-order valence-corrected chi connectivity index (χ2v) is 2.18. The van der Waals surface area contributed by atoms with Gasteiger partial charge in [0.2, 0.25) is 0 Å². The molecule has 0 heterocycles. The molecule has 3 nitrogen and oxygen atoms in total. The van der Waals surface area contributed by atoms with Crippen LogP contribution in [0.15, 0.2) is 17.4 Å². The fourth-order valence-corrected chi connectivity index (χ4v) is 0.434. The number of hydrogen-bond donors (Lipinski definition) is 1. The molecule has 0 rings (SSSR count). The van der Waals surface area contributed by atoms with E-state index in [0.29, 0.717) is 0 Å². The molecule has 0 spiro atoms. The highest BCUT2D eigenvalue weighted by atomic mass is 15.3. The molecule has 0 bridgehead atoms. The number of hydrazone groups is 1. The van der Waals surface area contributed by atoms with Gasteiger partial charge in [0.15, 0.2) is 0 Å². The summed E-state index contributed by atoms with van der Waals surface area (Å²) >= 11 is 0. The van der Waals surface area contributed by atoms with E-state index in [1.807, 2.05) is 33.3 Å². The van der Waals surface area contributed by atoms with Gasteiger partial charge in [-0.2, -0.15) is 5.10 Å². The van der Waals surface area contributed by atoms with Gasteiger partial charge in [-0.1, -0.05) is 6.08 Å². The fraction of sp³-hybridized carbons (Fsp3) is 0.571. The third-order valence-corrected chi connectivity index (χ3v) is 0.867. The van der Waals surface area contributed by atoms with Gasteiger partial charge in [0.05, 0.1) is 0 Å². The van der Waals surface area contributed by atoms with Crippen LogP contribution in [-0.4, -0.2) is 31.8 Å². The summed E-state index contributed by atoms with van der Waals surface area (Å²) in [7, 11) is 4.04. The summed E-state index contributed by atoms with van der Waals surface area (Å²) < 4.78 is 0. The lowest BCUT2D eigenvalue weighted by molar-refractivity contribution is 0.456. The van der Waals surface area contributed by atoms with Crippen LogP contribution in [0.1, 0.15) is 6.92 Å². The van der Waals surface area contributed by atoms with Crippen molar-refractivity contribution in [3.63, 3.8) is 0 Å². The molecule has 58 valence electrons. The topological polar surface area (TPSA) is 27.6 Å². The van der Waals surface area contributed by atoms with Crippen molar-refractivity contribution in [2.75, 3.05) is 20.6 Å². The first-order chi connectivity index (χ1) is 4.77. The van der Waals surface area contributed by atoms with Crippen molar-refractivity contribution < 1.29 is 0 Å². The summed E-state index contributed by atoms with van der Waals surface area (Å²) in [6.07, 6.45) is 5.53. The van der Waals surface area contributed by atoms with Crippen LogP contribution in [0, 0.1) is 0 Å². The van der Waals surface area contributed by atoms with Gasteiger partial charge in [0.1, 0.15) is 0 Å². The Morgan fingerprint density at radius 2 is 2.20 bits per heavy atom. The maximum absolute atomic E-state index is 3.79. The van der Waals surface area contributed by atoms with Crippen molar-refractivity contribution in [1.82, 2.24) is 10.3 Å². The highest BCUT2D eigenvalue weighted by molar-refractivity contribution is 5.52. The minimum Gasteiger partial charge on any atom is -0.306 e. The van der Waals surface area contributed by atoms with Gasteiger partial charge in [-0.15, -0.1) is 0 Å². The van der Waals surface area contributed by atoms with E-state index in [4.69, 9.17) is 0 Å². The van der Waals surface area contributed by atoms with Crippen LogP contribution < -0.4 is 5.43 Å². The van der Waals surface area contributed by atoms with Crippen molar-refractivity contribution in [1.29, 1.82) is 0 Å². The van der Waals surface area contributed by atoms with Crippen LogP contribution in [0.4, 0.5) is 0 Å². The molecule has 3 heteroatoms. The number of nitrogens with zero attached hydrogens (tertiary/aromatic N) is 2. The van der Waals surface area contributed by atoms with Gasteiger partial charge in [0, 0.05) is 19.0 Å². The van der Waals surface area contributed by atoms with E-state index in [1.54, 1.807) is 6.21 Å². The van der Waals surface area contributed by atoms with Gasteiger partial charge < -0.3 is 4.90 Å². The lowest BCUT2D eigenvalue weighted by Gasteiger charge is -2.02. The zero-order valence-corrected chi connectivity index (χ0v) is 6.83. The van der Waals surface area contributed by atoms with Crippen LogP contribution in [0.2, 0.25) is 0 Å². The summed E-state index contributed by atoms with van der Waals surface area (Å²) in [5.74, 6) is 0. The van der Waals surface area contributed by atoms with Gasteiger partial charge in [0.25, 0.3) is 0 Å². The molecule has 0 aromatic carbocycles. The Kier molecular flexibility index (Phi) is 5.77. The van der Waals surface area contributed by atoms with Crippen LogP contribution >= 0.6 is 0 Å². The molecule has 0 saturated heterocycles. The molecule has 0 aliphatic heterocycles. The minimum absolute atomic E-state index is 0.937. The predicted molar refractivity (Wildman–Crippen MR) is 45.0 cm³/mol. The van der Waals surface area contributed by atoms with Crippen LogP contribution in [0.5, 0.6) is 0 Å². The third-order valence-electron chi connectivity index (χ3n) is 0.867. The molecule has 0 aromatic heterocycles. The number of nitrogens with one attached hydrogen (secondary N) is 1. The van der Waals surface area contributed by atoms with E-state index in [-0.39, 0.29) is 0 Å². The quantitative estimate of drug-likeness (QED) is 0.460. The molecule has 0 unspecified atom stereocenters. The molecular weight excluding hydrogens is 126 g/mol. The highest BCUT2D eigenvalue weighted by Gasteiger charge is 1.79. The standard InChI is InChI=1S/C7H15N3/c1-4-8-9-6-5-7-10(2)3/h4-6,9H,7H2,1-3H3/b6-5+,8-4+. The first-order valence-corrected chi connectivity index (χ1v) is 3.30. The SMILES string of the molecule is C/C=N/N/C=C/CN(C)C. The fourth-order valence-electron chi connectivity index (χ4n) is 0.434. The van der Waals surface area contributed by atoms with Crippen LogP contribution in [0.25, 0.3) is 0 Å². The van der Waals surface area contributed by atoms with E-state index in [1.165, 1.54) is 0 Å². The van der Waals surface area contributed by atoms with E-state index >= 15 is 0 Å². The van der Waals surface area contributed by atoms with Crippen LogP contribution in [0.3, 0.4) is 0 Å².